The lowest BCUT2D eigenvalue weighted by Gasteiger charge is -2.08. The quantitative estimate of drug-likeness (QED) is 0.915. The fourth-order valence-electron chi connectivity index (χ4n) is 1.51. The predicted molar refractivity (Wildman–Crippen MR) is 69.2 cm³/mol. The van der Waals surface area contributed by atoms with Crippen LogP contribution in [0.25, 0.3) is 0 Å². The summed E-state index contributed by atoms with van der Waals surface area (Å²) in [7, 11) is 0. The molecule has 4 heteroatoms. The molecule has 0 saturated carbocycles. The summed E-state index contributed by atoms with van der Waals surface area (Å²) < 4.78 is 5.50. The fourth-order valence-corrected chi connectivity index (χ4v) is 1.64. The number of para-hydroxylation sites is 1. The summed E-state index contributed by atoms with van der Waals surface area (Å²) in [6, 6.07) is 13.8. The van der Waals surface area contributed by atoms with Gasteiger partial charge in [-0.05, 0) is 29.8 Å². The van der Waals surface area contributed by atoms with Crippen molar-refractivity contribution in [3.05, 3.63) is 64.7 Å². The first kappa shape index (κ1) is 12.5. The van der Waals surface area contributed by atoms with Gasteiger partial charge in [-0.1, -0.05) is 35.9 Å². The number of ether oxygens (including phenoxy) is 1. The van der Waals surface area contributed by atoms with Gasteiger partial charge in [-0.3, -0.25) is 0 Å². The van der Waals surface area contributed by atoms with Crippen LogP contribution in [-0.4, -0.2) is 11.1 Å². The van der Waals surface area contributed by atoms with E-state index < -0.39 is 5.97 Å². The second kappa shape index (κ2) is 5.56. The first-order valence-electron chi connectivity index (χ1n) is 5.36. The summed E-state index contributed by atoms with van der Waals surface area (Å²) in [5, 5.41) is 9.66. The van der Waals surface area contributed by atoms with Gasteiger partial charge in [0.1, 0.15) is 17.9 Å². The van der Waals surface area contributed by atoms with Crippen LogP contribution < -0.4 is 4.74 Å². The molecule has 0 unspecified atom stereocenters. The Morgan fingerprint density at radius 3 is 2.44 bits per heavy atom. The van der Waals surface area contributed by atoms with Crippen molar-refractivity contribution in [2.24, 2.45) is 0 Å². The Kier molecular flexibility index (Phi) is 3.85. The molecule has 0 heterocycles. The van der Waals surface area contributed by atoms with Crippen LogP contribution in [0.3, 0.4) is 0 Å². The fraction of sp³-hybridized carbons (Fsp3) is 0.0714. The van der Waals surface area contributed by atoms with E-state index >= 15 is 0 Å². The van der Waals surface area contributed by atoms with E-state index in [-0.39, 0.29) is 5.56 Å². The number of rotatable bonds is 4. The number of hydrogen-bond acceptors (Lipinski definition) is 2. The summed E-state index contributed by atoms with van der Waals surface area (Å²) >= 11 is 5.78. The van der Waals surface area contributed by atoms with Crippen molar-refractivity contribution in [2.45, 2.75) is 6.61 Å². The van der Waals surface area contributed by atoms with Crippen LogP contribution in [0.2, 0.25) is 5.02 Å². The van der Waals surface area contributed by atoms with E-state index in [1.54, 1.807) is 30.3 Å². The van der Waals surface area contributed by atoms with Crippen LogP contribution >= 0.6 is 11.6 Å². The number of carboxylic acid groups (broad SMARTS) is 1. The van der Waals surface area contributed by atoms with Crippen molar-refractivity contribution in [2.75, 3.05) is 0 Å². The molecular weight excluding hydrogens is 252 g/mol. The van der Waals surface area contributed by atoms with Crippen molar-refractivity contribution in [3.63, 3.8) is 0 Å². The van der Waals surface area contributed by atoms with Crippen LogP contribution in [0.5, 0.6) is 5.75 Å². The highest BCUT2D eigenvalue weighted by molar-refractivity contribution is 6.30. The van der Waals surface area contributed by atoms with E-state index in [4.69, 9.17) is 21.4 Å². The molecule has 0 bridgehead atoms. The Bertz CT molecular complexity index is 549. The molecule has 1 N–H and O–H groups in total. The summed E-state index contributed by atoms with van der Waals surface area (Å²) in [5.74, 6) is -0.637. The molecular formula is C14H11ClO3. The standard InChI is InChI=1S/C14H11ClO3/c15-11-7-5-10(6-8-11)9-18-13-4-2-1-3-12(13)14(16)17/h1-8H,9H2,(H,16,17). The Balaban J connectivity index is 2.10. The highest BCUT2D eigenvalue weighted by Gasteiger charge is 2.09. The van der Waals surface area contributed by atoms with E-state index in [1.165, 1.54) is 6.07 Å². The zero-order chi connectivity index (χ0) is 13.0. The van der Waals surface area contributed by atoms with Crippen LogP contribution in [0.15, 0.2) is 48.5 Å². The lowest BCUT2D eigenvalue weighted by Crippen LogP contribution is -2.03. The third-order valence-corrected chi connectivity index (χ3v) is 2.68. The highest BCUT2D eigenvalue weighted by Crippen LogP contribution is 2.19. The summed E-state index contributed by atoms with van der Waals surface area (Å²) in [6.45, 7) is 0.307. The zero-order valence-electron chi connectivity index (χ0n) is 9.47. The van der Waals surface area contributed by atoms with E-state index in [0.29, 0.717) is 17.4 Å². The minimum Gasteiger partial charge on any atom is -0.488 e. The Hall–Kier alpha value is -2.00. The predicted octanol–water partition coefficient (Wildman–Crippen LogP) is 3.62. The molecule has 0 aliphatic heterocycles. The Morgan fingerprint density at radius 2 is 1.78 bits per heavy atom. The molecule has 0 radical (unpaired) electrons. The molecule has 2 rings (SSSR count). The minimum atomic E-state index is -0.998. The third-order valence-electron chi connectivity index (χ3n) is 2.43. The maximum atomic E-state index is 11.0. The molecule has 0 fully saturated rings. The van der Waals surface area contributed by atoms with Crippen LogP contribution in [0.1, 0.15) is 15.9 Å². The normalized spacial score (nSPS) is 10.1. The average Bonchev–Trinajstić information content (AvgIpc) is 2.38. The molecule has 0 atom stereocenters. The van der Waals surface area contributed by atoms with Gasteiger partial charge in [0.15, 0.2) is 0 Å². The second-order valence-corrected chi connectivity index (χ2v) is 4.15. The number of hydrogen-bond donors (Lipinski definition) is 1. The topological polar surface area (TPSA) is 46.5 Å². The number of benzene rings is 2. The van der Waals surface area contributed by atoms with Crippen molar-refractivity contribution < 1.29 is 14.6 Å². The number of aromatic carboxylic acids is 1. The van der Waals surface area contributed by atoms with Gasteiger partial charge in [-0.25, -0.2) is 4.79 Å². The summed E-state index contributed by atoms with van der Waals surface area (Å²) in [4.78, 5) is 11.0. The first-order chi connectivity index (χ1) is 8.66. The van der Waals surface area contributed by atoms with Crippen LogP contribution in [0.4, 0.5) is 0 Å². The third kappa shape index (κ3) is 3.02. The van der Waals surface area contributed by atoms with Gasteiger partial charge in [0.2, 0.25) is 0 Å². The maximum absolute atomic E-state index is 11.0. The van der Waals surface area contributed by atoms with Crippen molar-refractivity contribution in [3.8, 4) is 5.75 Å². The van der Waals surface area contributed by atoms with E-state index in [2.05, 4.69) is 0 Å². The monoisotopic (exact) mass is 262 g/mol. The lowest BCUT2D eigenvalue weighted by atomic mass is 10.2. The highest BCUT2D eigenvalue weighted by atomic mass is 35.5. The van der Waals surface area contributed by atoms with Gasteiger partial charge in [0, 0.05) is 5.02 Å². The molecule has 0 saturated heterocycles. The van der Waals surface area contributed by atoms with Gasteiger partial charge < -0.3 is 9.84 Å². The number of halogens is 1. The van der Waals surface area contributed by atoms with E-state index in [0.717, 1.165) is 5.56 Å². The smallest absolute Gasteiger partial charge is 0.339 e. The molecule has 0 aliphatic carbocycles. The summed E-state index contributed by atoms with van der Waals surface area (Å²) in [6.07, 6.45) is 0. The van der Waals surface area contributed by atoms with Crippen molar-refractivity contribution in [1.29, 1.82) is 0 Å². The molecule has 0 aromatic heterocycles. The van der Waals surface area contributed by atoms with Crippen LogP contribution in [0, 0.1) is 0 Å². The number of carbonyl (C=O) groups is 1. The molecule has 0 amide bonds. The Morgan fingerprint density at radius 1 is 1.11 bits per heavy atom. The van der Waals surface area contributed by atoms with Gasteiger partial charge in [-0.2, -0.15) is 0 Å². The van der Waals surface area contributed by atoms with E-state index in [1.807, 2.05) is 12.1 Å². The lowest BCUT2D eigenvalue weighted by molar-refractivity contribution is 0.0692. The van der Waals surface area contributed by atoms with Crippen LogP contribution in [-0.2, 0) is 6.61 Å². The molecule has 2 aromatic carbocycles. The minimum absolute atomic E-state index is 0.159. The molecule has 92 valence electrons. The second-order valence-electron chi connectivity index (χ2n) is 3.72. The molecule has 3 nitrogen and oxygen atoms in total. The zero-order valence-corrected chi connectivity index (χ0v) is 10.2. The largest absolute Gasteiger partial charge is 0.488 e. The Labute approximate surface area is 110 Å². The average molecular weight is 263 g/mol. The van der Waals surface area contributed by atoms with Gasteiger partial charge >= 0.3 is 5.97 Å². The van der Waals surface area contributed by atoms with Gasteiger partial charge in [-0.15, -0.1) is 0 Å². The molecule has 0 aliphatic rings. The van der Waals surface area contributed by atoms with Crippen molar-refractivity contribution in [1.82, 2.24) is 0 Å². The van der Waals surface area contributed by atoms with Gasteiger partial charge in [0.05, 0.1) is 0 Å². The molecule has 18 heavy (non-hydrogen) atoms. The number of carboxylic acids is 1. The summed E-state index contributed by atoms with van der Waals surface area (Å²) in [5.41, 5.74) is 1.09. The van der Waals surface area contributed by atoms with E-state index in [9.17, 15) is 4.79 Å². The van der Waals surface area contributed by atoms with Gasteiger partial charge in [0.25, 0.3) is 0 Å². The maximum Gasteiger partial charge on any atom is 0.339 e. The molecule has 2 aromatic rings. The van der Waals surface area contributed by atoms with Crippen molar-refractivity contribution >= 4 is 17.6 Å². The first-order valence-corrected chi connectivity index (χ1v) is 5.74. The SMILES string of the molecule is O=C(O)c1ccccc1OCc1ccc(Cl)cc1. The molecule has 0 spiro atoms.